The Morgan fingerprint density at radius 1 is 1.19 bits per heavy atom. The van der Waals surface area contributed by atoms with E-state index in [4.69, 9.17) is 14.2 Å². The summed E-state index contributed by atoms with van der Waals surface area (Å²) in [6, 6.07) is 3.07. The van der Waals surface area contributed by atoms with Crippen molar-refractivity contribution in [3.8, 4) is 17.2 Å². The van der Waals surface area contributed by atoms with E-state index in [1.54, 1.807) is 13.2 Å². The third-order valence-electron chi connectivity index (χ3n) is 5.66. The van der Waals surface area contributed by atoms with E-state index in [2.05, 4.69) is 20.4 Å². The van der Waals surface area contributed by atoms with Crippen LogP contribution in [0.5, 0.6) is 17.2 Å². The van der Waals surface area contributed by atoms with Gasteiger partial charge < -0.3 is 29.6 Å². The lowest BCUT2D eigenvalue weighted by molar-refractivity contribution is -0.0505. The minimum absolute atomic E-state index is 0. The van der Waals surface area contributed by atoms with E-state index < -0.39 is 6.61 Å². The van der Waals surface area contributed by atoms with Gasteiger partial charge in [-0.15, -0.1) is 24.0 Å². The lowest BCUT2D eigenvalue weighted by atomic mass is 9.83. The van der Waals surface area contributed by atoms with Crippen LogP contribution in [0.25, 0.3) is 0 Å². The SMILES string of the molecule is CCNC(=NCc1cc2c(cc1OC(F)F)OCO2)NCC1(CCOC)CCCC1.I. The maximum Gasteiger partial charge on any atom is 0.387 e. The van der Waals surface area contributed by atoms with Crippen molar-refractivity contribution in [2.24, 2.45) is 10.4 Å². The fourth-order valence-corrected chi connectivity index (χ4v) is 4.03. The van der Waals surface area contributed by atoms with Crippen LogP contribution in [0.1, 0.15) is 44.6 Å². The molecule has 1 fully saturated rings. The smallest absolute Gasteiger partial charge is 0.387 e. The molecule has 0 amide bonds. The zero-order valence-corrected chi connectivity index (χ0v) is 20.4. The molecular formula is C21H32F2IN3O4. The second kappa shape index (κ2) is 12.5. The topological polar surface area (TPSA) is 73.3 Å². The van der Waals surface area contributed by atoms with Gasteiger partial charge in [0.2, 0.25) is 6.79 Å². The van der Waals surface area contributed by atoms with Gasteiger partial charge in [-0.2, -0.15) is 8.78 Å². The first-order chi connectivity index (χ1) is 14.5. The number of hydrogen-bond acceptors (Lipinski definition) is 5. The normalized spacial score (nSPS) is 16.9. The number of halogens is 3. The van der Waals surface area contributed by atoms with Crippen LogP contribution < -0.4 is 24.8 Å². The number of hydrogen-bond donors (Lipinski definition) is 2. The summed E-state index contributed by atoms with van der Waals surface area (Å²) in [4.78, 5) is 4.59. The molecular weight excluding hydrogens is 523 g/mol. The van der Waals surface area contributed by atoms with Gasteiger partial charge in [-0.1, -0.05) is 12.8 Å². The number of nitrogens with zero attached hydrogens (tertiary/aromatic N) is 1. The average Bonchev–Trinajstić information content (AvgIpc) is 3.37. The zero-order chi connectivity index (χ0) is 21.4. The van der Waals surface area contributed by atoms with E-state index in [-0.39, 0.29) is 48.5 Å². The lowest BCUT2D eigenvalue weighted by Gasteiger charge is -2.30. The maximum atomic E-state index is 12.8. The zero-order valence-electron chi connectivity index (χ0n) is 18.0. The molecule has 3 rings (SSSR count). The molecule has 0 atom stereocenters. The van der Waals surface area contributed by atoms with Gasteiger partial charge >= 0.3 is 6.61 Å². The molecule has 2 N–H and O–H groups in total. The molecule has 7 nitrogen and oxygen atoms in total. The molecule has 1 aliphatic heterocycles. The highest BCUT2D eigenvalue weighted by Gasteiger charge is 2.33. The fourth-order valence-electron chi connectivity index (χ4n) is 4.03. The van der Waals surface area contributed by atoms with Gasteiger partial charge in [-0.3, -0.25) is 0 Å². The molecule has 0 bridgehead atoms. The number of methoxy groups -OCH3 is 1. The van der Waals surface area contributed by atoms with E-state index in [1.807, 2.05) is 6.92 Å². The van der Waals surface area contributed by atoms with E-state index in [0.717, 1.165) is 32.4 Å². The van der Waals surface area contributed by atoms with Crippen LogP contribution in [0, 0.1) is 5.41 Å². The number of ether oxygens (including phenoxy) is 4. The van der Waals surface area contributed by atoms with Crippen molar-refractivity contribution in [3.05, 3.63) is 17.7 Å². The van der Waals surface area contributed by atoms with Crippen LogP contribution in [0.2, 0.25) is 0 Å². The summed E-state index contributed by atoms with van der Waals surface area (Å²) in [6.45, 7) is 1.51. The number of benzene rings is 1. The molecule has 0 radical (unpaired) electrons. The van der Waals surface area contributed by atoms with Crippen molar-refractivity contribution in [3.63, 3.8) is 0 Å². The Kier molecular flexibility index (Phi) is 10.3. The van der Waals surface area contributed by atoms with Crippen LogP contribution in [-0.2, 0) is 11.3 Å². The van der Waals surface area contributed by atoms with Crippen LogP contribution in [0.4, 0.5) is 8.78 Å². The van der Waals surface area contributed by atoms with Crippen molar-refractivity contribution in [2.75, 3.05) is 33.6 Å². The third-order valence-corrected chi connectivity index (χ3v) is 5.66. The molecule has 1 saturated carbocycles. The first-order valence-corrected chi connectivity index (χ1v) is 10.4. The fraction of sp³-hybridized carbons (Fsp3) is 0.667. The molecule has 0 unspecified atom stereocenters. The highest BCUT2D eigenvalue weighted by atomic mass is 127. The number of rotatable bonds is 10. The highest BCUT2D eigenvalue weighted by molar-refractivity contribution is 14.0. The first kappa shape index (κ1) is 25.7. The molecule has 0 aromatic heterocycles. The maximum absolute atomic E-state index is 12.8. The van der Waals surface area contributed by atoms with Crippen LogP contribution in [0.15, 0.2) is 17.1 Å². The van der Waals surface area contributed by atoms with Crippen LogP contribution >= 0.6 is 24.0 Å². The standard InChI is InChI=1S/C21H31F2N3O4.HI/c1-3-24-20(26-13-21(8-9-27-2)6-4-5-7-21)25-12-15-10-17-18(29-14-28-17)11-16(15)30-19(22)23;/h10-11,19H,3-9,12-14H2,1-2H3,(H2,24,25,26);1H. The molecule has 1 aromatic carbocycles. The van der Waals surface area contributed by atoms with Crippen LogP contribution in [-0.4, -0.2) is 46.2 Å². The molecule has 31 heavy (non-hydrogen) atoms. The summed E-state index contributed by atoms with van der Waals surface area (Å²) in [5.41, 5.74) is 0.709. The van der Waals surface area contributed by atoms with Gasteiger partial charge in [0.1, 0.15) is 5.75 Å². The van der Waals surface area contributed by atoms with Gasteiger partial charge in [0.15, 0.2) is 17.5 Å². The second-order valence-electron chi connectivity index (χ2n) is 7.69. The Balaban J connectivity index is 0.00000341. The highest BCUT2D eigenvalue weighted by Crippen LogP contribution is 2.41. The first-order valence-electron chi connectivity index (χ1n) is 10.4. The van der Waals surface area contributed by atoms with E-state index in [0.29, 0.717) is 29.6 Å². The quantitative estimate of drug-likeness (QED) is 0.255. The summed E-state index contributed by atoms with van der Waals surface area (Å²) >= 11 is 0. The van der Waals surface area contributed by atoms with Crippen molar-refractivity contribution in [2.45, 2.75) is 52.2 Å². The van der Waals surface area contributed by atoms with Crippen molar-refractivity contribution >= 4 is 29.9 Å². The summed E-state index contributed by atoms with van der Waals surface area (Å²) in [5, 5.41) is 6.66. The second-order valence-corrected chi connectivity index (χ2v) is 7.69. The molecule has 10 heteroatoms. The van der Waals surface area contributed by atoms with Gasteiger partial charge in [0, 0.05) is 38.4 Å². The van der Waals surface area contributed by atoms with Crippen molar-refractivity contribution < 1.29 is 27.7 Å². The largest absolute Gasteiger partial charge is 0.454 e. The summed E-state index contributed by atoms with van der Waals surface area (Å²) < 4.78 is 46.3. The molecule has 2 aliphatic rings. The van der Waals surface area contributed by atoms with E-state index in [9.17, 15) is 8.78 Å². The Bertz CT molecular complexity index is 731. The molecule has 0 saturated heterocycles. The van der Waals surface area contributed by atoms with Gasteiger partial charge in [-0.05, 0) is 37.7 Å². The van der Waals surface area contributed by atoms with E-state index >= 15 is 0 Å². The average molecular weight is 555 g/mol. The lowest BCUT2D eigenvalue weighted by Crippen LogP contribution is -2.43. The summed E-state index contributed by atoms with van der Waals surface area (Å²) in [5.74, 6) is 1.58. The number of guanidine groups is 1. The Hall–Kier alpha value is -1.56. The third kappa shape index (κ3) is 7.23. The minimum atomic E-state index is -2.93. The predicted molar refractivity (Wildman–Crippen MR) is 125 cm³/mol. The van der Waals surface area contributed by atoms with Crippen molar-refractivity contribution in [1.29, 1.82) is 0 Å². The Morgan fingerprint density at radius 2 is 1.90 bits per heavy atom. The Morgan fingerprint density at radius 3 is 2.55 bits per heavy atom. The molecule has 0 spiro atoms. The molecule has 176 valence electrons. The monoisotopic (exact) mass is 555 g/mol. The molecule has 1 aromatic rings. The number of nitrogens with one attached hydrogen (secondary N) is 2. The van der Waals surface area contributed by atoms with Crippen molar-refractivity contribution in [1.82, 2.24) is 10.6 Å². The number of aliphatic imine (C=N–C) groups is 1. The number of fused-ring (bicyclic) bond motifs is 1. The Labute approximate surface area is 199 Å². The number of alkyl halides is 2. The molecule has 1 heterocycles. The van der Waals surface area contributed by atoms with E-state index in [1.165, 1.54) is 18.9 Å². The predicted octanol–water partition coefficient (Wildman–Crippen LogP) is 4.29. The van der Waals surface area contributed by atoms with Crippen LogP contribution in [0.3, 0.4) is 0 Å². The summed E-state index contributed by atoms with van der Waals surface area (Å²) in [7, 11) is 1.73. The minimum Gasteiger partial charge on any atom is -0.454 e. The summed E-state index contributed by atoms with van der Waals surface area (Å²) in [6.07, 6.45) is 5.79. The van der Waals surface area contributed by atoms with Gasteiger partial charge in [0.25, 0.3) is 0 Å². The van der Waals surface area contributed by atoms with Gasteiger partial charge in [-0.25, -0.2) is 4.99 Å². The molecule has 1 aliphatic carbocycles. The van der Waals surface area contributed by atoms with Gasteiger partial charge in [0.05, 0.1) is 6.54 Å².